The van der Waals surface area contributed by atoms with Gasteiger partial charge in [0.05, 0.1) is 4.58 Å². The van der Waals surface area contributed by atoms with Crippen molar-refractivity contribution in [2.75, 3.05) is 24.7 Å². The molecule has 0 aromatic rings. The third-order valence-electron chi connectivity index (χ3n) is 2.97. The molecule has 2 fully saturated rings. The van der Waals surface area contributed by atoms with Crippen LogP contribution >= 0.6 is 23.5 Å². The molecule has 1 unspecified atom stereocenters. The summed E-state index contributed by atoms with van der Waals surface area (Å²) < 4.78 is 24.9. The van der Waals surface area contributed by atoms with Crippen LogP contribution in [0, 0.1) is 0 Å². The molecule has 0 bridgehead atoms. The predicted octanol–water partition coefficient (Wildman–Crippen LogP) is 3.97. The van der Waals surface area contributed by atoms with Crippen LogP contribution in [-0.4, -0.2) is 35.6 Å². The van der Waals surface area contributed by atoms with Crippen LogP contribution in [0.25, 0.3) is 0 Å². The van der Waals surface area contributed by atoms with Crippen LogP contribution in [0.5, 0.6) is 0 Å². The van der Waals surface area contributed by atoms with Gasteiger partial charge in [-0.05, 0) is 49.7 Å². The van der Waals surface area contributed by atoms with E-state index in [4.69, 9.17) is 9.47 Å². The van der Waals surface area contributed by atoms with Crippen LogP contribution in [0.4, 0.5) is 4.39 Å². The molecule has 2 nitrogen and oxygen atoms in total. The van der Waals surface area contributed by atoms with E-state index in [0.717, 1.165) is 32.3 Å². The lowest BCUT2D eigenvalue weighted by molar-refractivity contribution is -0.158. The van der Waals surface area contributed by atoms with E-state index in [0.29, 0.717) is 4.58 Å². The monoisotopic (exact) mass is 292 g/mol. The van der Waals surface area contributed by atoms with Gasteiger partial charge in [0, 0.05) is 6.61 Å². The molecule has 0 amide bonds. The third kappa shape index (κ3) is 5.51. The fraction of sp³-hybridized carbons (Fsp3) is 0.846. The van der Waals surface area contributed by atoms with E-state index in [1.165, 1.54) is 17.9 Å². The van der Waals surface area contributed by atoms with Crippen LogP contribution < -0.4 is 0 Å². The molecule has 2 aliphatic heterocycles. The van der Waals surface area contributed by atoms with E-state index >= 15 is 0 Å². The van der Waals surface area contributed by atoms with Crippen LogP contribution in [0.3, 0.4) is 0 Å². The Bertz CT molecular complexity index is 262. The molecule has 0 aromatic carbocycles. The number of hydrogen-bond donors (Lipinski definition) is 0. The molecule has 0 radical (unpaired) electrons. The highest BCUT2D eigenvalue weighted by Gasteiger charge is 2.16. The SMILES string of the molecule is FC(=CCC1SCCCS1)COC1CCCCO1. The summed E-state index contributed by atoms with van der Waals surface area (Å²) >= 11 is 3.88. The normalized spacial score (nSPS) is 27.4. The Labute approximate surface area is 117 Å². The number of rotatable bonds is 5. The van der Waals surface area contributed by atoms with Crippen molar-refractivity contribution in [2.45, 2.75) is 43.0 Å². The first kappa shape index (κ1) is 14.7. The highest BCUT2D eigenvalue weighted by Crippen LogP contribution is 2.33. The predicted molar refractivity (Wildman–Crippen MR) is 76.7 cm³/mol. The summed E-state index contributed by atoms with van der Waals surface area (Å²) in [6, 6.07) is 0. The van der Waals surface area contributed by atoms with E-state index in [9.17, 15) is 4.39 Å². The summed E-state index contributed by atoms with van der Waals surface area (Å²) in [6.45, 7) is 0.804. The van der Waals surface area contributed by atoms with Crippen LogP contribution in [0.1, 0.15) is 32.1 Å². The lowest BCUT2D eigenvalue weighted by atomic mass is 10.2. The molecule has 5 heteroatoms. The van der Waals surface area contributed by atoms with E-state index in [1.54, 1.807) is 6.08 Å². The minimum absolute atomic E-state index is 0.0622. The Morgan fingerprint density at radius 1 is 1.28 bits per heavy atom. The quantitative estimate of drug-likeness (QED) is 0.763. The molecule has 1 atom stereocenters. The molecule has 0 aliphatic carbocycles. The Kier molecular flexibility index (Phi) is 6.91. The van der Waals surface area contributed by atoms with E-state index < -0.39 is 0 Å². The van der Waals surface area contributed by atoms with Gasteiger partial charge < -0.3 is 9.47 Å². The van der Waals surface area contributed by atoms with Gasteiger partial charge in [-0.2, -0.15) is 0 Å². The molecule has 0 N–H and O–H groups in total. The van der Waals surface area contributed by atoms with Crippen molar-refractivity contribution in [3.05, 3.63) is 11.9 Å². The minimum atomic E-state index is -0.198. The summed E-state index contributed by atoms with van der Waals surface area (Å²) in [6.07, 6.45) is 6.66. The number of halogens is 1. The van der Waals surface area contributed by atoms with Crippen molar-refractivity contribution >= 4 is 23.5 Å². The lowest BCUT2D eigenvalue weighted by Crippen LogP contribution is -2.22. The van der Waals surface area contributed by atoms with Crippen molar-refractivity contribution in [1.82, 2.24) is 0 Å². The summed E-state index contributed by atoms with van der Waals surface area (Å²) in [7, 11) is 0. The average Bonchev–Trinajstić information content (AvgIpc) is 2.45. The highest BCUT2D eigenvalue weighted by atomic mass is 32.2. The molecule has 2 aliphatic rings. The summed E-state index contributed by atoms with van der Waals surface area (Å²) in [4.78, 5) is 0. The lowest BCUT2D eigenvalue weighted by Gasteiger charge is -2.22. The van der Waals surface area contributed by atoms with Gasteiger partial charge in [-0.25, -0.2) is 4.39 Å². The van der Waals surface area contributed by atoms with Crippen molar-refractivity contribution < 1.29 is 13.9 Å². The van der Waals surface area contributed by atoms with Gasteiger partial charge in [-0.1, -0.05) is 0 Å². The molecule has 0 spiro atoms. The second-order valence-corrected chi connectivity index (χ2v) is 7.44. The number of allylic oxidation sites excluding steroid dienone is 1. The van der Waals surface area contributed by atoms with Crippen molar-refractivity contribution in [1.29, 1.82) is 0 Å². The average molecular weight is 292 g/mol. The third-order valence-corrected chi connectivity index (χ3v) is 5.97. The van der Waals surface area contributed by atoms with Gasteiger partial charge >= 0.3 is 0 Å². The van der Waals surface area contributed by atoms with E-state index in [1.807, 2.05) is 23.5 Å². The summed E-state index contributed by atoms with van der Waals surface area (Å²) in [5.74, 6) is 2.26. The van der Waals surface area contributed by atoms with Gasteiger partial charge in [-0.15, -0.1) is 23.5 Å². The smallest absolute Gasteiger partial charge is 0.158 e. The largest absolute Gasteiger partial charge is 0.353 e. The molecular formula is C13H21FO2S2. The molecule has 18 heavy (non-hydrogen) atoms. The Morgan fingerprint density at radius 2 is 2.11 bits per heavy atom. The molecule has 104 valence electrons. The van der Waals surface area contributed by atoms with Crippen molar-refractivity contribution in [3.8, 4) is 0 Å². The molecule has 0 saturated carbocycles. The zero-order valence-electron chi connectivity index (χ0n) is 10.6. The highest BCUT2D eigenvalue weighted by molar-refractivity contribution is 8.17. The maximum absolute atomic E-state index is 13.6. The topological polar surface area (TPSA) is 18.5 Å². The zero-order chi connectivity index (χ0) is 12.6. The summed E-state index contributed by atoms with van der Waals surface area (Å²) in [5.41, 5.74) is 0. The second kappa shape index (κ2) is 8.46. The number of ether oxygens (including phenoxy) is 2. The number of hydrogen-bond acceptors (Lipinski definition) is 4. The standard InChI is InChI=1S/C13H21FO2S2/c14-11(5-6-13-17-8-3-9-18-13)10-16-12-4-1-2-7-15-12/h5,12-13H,1-4,6-10H2. The van der Waals surface area contributed by atoms with Crippen molar-refractivity contribution in [2.24, 2.45) is 0 Å². The van der Waals surface area contributed by atoms with Crippen LogP contribution in [0.15, 0.2) is 11.9 Å². The van der Waals surface area contributed by atoms with Gasteiger partial charge in [0.25, 0.3) is 0 Å². The van der Waals surface area contributed by atoms with E-state index in [2.05, 4.69) is 0 Å². The molecule has 0 aromatic heterocycles. The van der Waals surface area contributed by atoms with Gasteiger partial charge in [-0.3, -0.25) is 0 Å². The number of thioether (sulfide) groups is 2. The molecule has 2 heterocycles. The molecule has 2 saturated heterocycles. The minimum Gasteiger partial charge on any atom is -0.353 e. The summed E-state index contributed by atoms with van der Waals surface area (Å²) in [5, 5.41) is 0. The van der Waals surface area contributed by atoms with Crippen LogP contribution in [-0.2, 0) is 9.47 Å². The fourth-order valence-electron chi connectivity index (χ4n) is 1.97. The van der Waals surface area contributed by atoms with E-state index in [-0.39, 0.29) is 18.7 Å². The first-order chi connectivity index (χ1) is 8.84. The Balaban J connectivity index is 1.61. The Morgan fingerprint density at radius 3 is 2.83 bits per heavy atom. The van der Waals surface area contributed by atoms with Gasteiger partial charge in [0.15, 0.2) is 6.29 Å². The fourth-order valence-corrected chi connectivity index (χ4v) is 4.73. The first-order valence-electron chi connectivity index (χ1n) is 6.65. The van der Waals surface area contributed by atoms with Gasteiger partial charge in [0.1, 0.15) is 12.4 Å². The zero-order valence-corrected chi connectivity index (χ0v) is 12.2. The first-order valence-corrected chi connectivity index (χ1v) is 8.75. The maximum atomic E-state index is 13.6. The molecule has 2 rings (SSSR count). The maximum Gasteiger partial charge on any atom is 0.158 e. The van der Waals surface area contributed by atoms with Crippen LogP contribution in [0.2, 0.25) is 0 Å². The van der Waals surface area contributed by atoms with Gasteiger partial charge in [0.2, 0.25) is 0 Å². The second-order valence-electron chi connectivity index (χ2n) is 4.52. The molecular weight excluding hydrogens is 271 g/mol. The van der Waals surface area contributed by atoms with Crippen molar-refractivity contribution in [3.63, 3.8) is 0 Å². The Hall–Kier alpha value is 0.290.